The maximum atomic E-state index is 14.6. The van der Waals surface area contributed by atoms with Crippen molar-refractivity contribution in [3.05, 3.63) is 78.6 Å². The monoisotopic (exact) mass is 506 g/mol. The SMILES string of the molecule is Cc1cncc(-c2cnc3n[nH]c(-c4cc5c(-c6cc(F)cc(NCCN(C)C)c6)nccc5[nH]4)c3c2)c1. The first-order valence-corrected chi connectivity index (χ1v) is 12.4. The topological polar surface area (TPSA) is 98.4 Å². The van der Waals surface area contributed by atoms with Crippen LogP contribution in [-0.4, -0.2) is 62.2 Å². The van der Waals surface area contributed by atoms with Crippen LogP contribution in [0.1, 0.15) is 5.56 Å². The van der Waals surface area contributed by atoms with Gasteiger partial charge >= 0.3 is 0 Å². The molecule has 0 aliphatic heterocycles. The van der Waals surface area contributed by atoms with Crippen molar-refractivity contribution in [3.63, 3.8) is 0 Å². The van der Waals surface area contributed by atoms with E-state index in [4.69, 9.17) is 0 Å². The standard InChI is InChI=1S/C29H27FN8/c1-17-8-19(15-31-14-17)20-11-24-28(36-37-29(24)34-16-20)26-13-23-25(35-26)4-5-33-27(23)18-9-21(30)12-22(10-18)32-6-7-38(2)3/h4-5,8-16,32,35H,6-7H2,1-3H3,(H,34,36,37). The summed E-state index contributed by atoms with van der Waals surface area (Å²) in [5.41, 5.74) is 8.36. The molecule has 0 spiro atoms. The molecule has 8 nitrogen and oxygen atoms in total. The van der Waals surface area contributed by atoms with Gasteiger partial charge in [-0.2, -0.15) is 5.10 Å². The van der Waals surface area contributed by atoms with Crippen molar-refractivity contribution in [1.29, 1.82) is 0 Å². The van der Waals surface area contributed by atoms with E-state index in [-0.39, 0.29) is 5.82 Å². The Labute approximate surface area is 219 Å². The maximum Gasteiger partial charge on any atom is 0.181 e. The van der Waals surface area contributed by atoms with Crippen molar-refractivity contribution in [1.82, 2.24) is 35.0 Å². The molecule has 5 heterocycles. The summed E-state index contributed by atoms with van der Waals surface area (Å²) in [5.74, 6) is -0.312. The lowest BCUT2D eigenvalue weighted by atomic mass is 10.1. The lowest BCUT2D eigenvalue weighted by molar-refractivity contribution is 0.425. The summed E-state index contributed by atoms with van der Waals surface area (Å²) in [5, 5.41) is 12.6. The molecule has 0 amide bonds. The molecule has 0 radical (unpaired) electrons. The first-order valence-electron chi connectivity index (χ1n) is 12.4. The third-order valence-corrected chi connectivity index (χ3v) is 6.49. The molecular formula is C29H27FN8. The third kappa shape index (κ3) is 4.59. The van der Waals surface area contributed by atoms with E-state index >= 15 is 0 Å². The molecule has 0 bridgehead atoms. The summed E-state index contributed by atoms with van der Waals surface area (Å²) in [6.07, 6.45) is 7.21. The molecule has 6 aromatic rings. The van der Waals surface area contributed by atoms with Gasteiger partial charge < -0.3 is 15.2 Å². The summed E-state index contributed by atoms with van der Waals surface area (Å²) in [6, 6.07) is 13.1. The zero-order valence-electron chi connectivity index (χ0n) is 21.4. The Balaban J connectivity index is 1.40. The molecule has 0 saturated carbocycles. The highest BCUT2D eigenvalue weighted by Crippen LogP contribution is 2.34. The molecule has 0 fully saturated rings. The third-order valence-electron chi connectivity index (χ3n) is 6.49. The van der Waals surface area contributed by atoms with E-state index < -0.39 is 0 Å². The van der Waals surface area contributed by atoms with Gasteiger partial charge in [-0.25, -0.2) is 9.37 Å². The van der Waals surface area contributed by atoms with Crippen LogP contribution in [0.15, 0.2) is 67.3 Å². The molecule has 38 heavy (non-hydrogen) atoms. The van der Waals surface area contributed by atoms with Crippen LogP contribution in [0.2, 0.25) is 0 Å². The summed E-state index contributed by atoms with van der Waals surface area (Å²) in [6.45, 7) is 3.57. The second-order valence-corrected chi connectivity index (χ2v) is 9.71. The molecule has 0 aliphatic carbocycles. The van der Waals surface area contributed by atoms with Gasteiger partial charge in [0, 0.05) is 76.5 Å². The molecule has 0 unspecified atom stereocenters. The largest absolute Gasteiger partial charge is 0.384 e. The molecule has 190 valence electrons. The Kier molecular flexibility index (Phi) is 6.05. The van der Waals surface area contributed by atoms with Crippen LogP contribution in [0, 0.1) is 12.7 Å². The van der Waals surface area contributed by atoms with Gasteiger partial charge in [0.25, 0.3) is 0 Å². The van der Waals surface area contributed by atoms with Crippen LogP contribution in [-0.2, 0) is 0 Å². The molecular weight excluding hydrogens is 479 g/mol. The van der Waals surface area contributed by atoms with Gasteiger partial charge in [0.05, 0.1) is 17.1 Å². The van der Waals surface area contributed by atoms with Crippen molar-refractivity contribution in [2.24, 2.45) is 0 Å². The van der Waals surface area contributed by atoms with E-state index in [1.807, 2.05) is 57.8 Å². The number of aryl methyl sites for hydroxylation is 1. The van der Waals surface area contributed by atoms with Crippen molar-refractivity contribution >= 4 is 27.6 Å². The van der Waals surface area contributed by atoms with E-state index in [0.717, 1.165) is 56.6 Å². The van der Waals surface area contributed by atoms with E-state index in [0.29, 0.717) is 23.4 Å². The number of nitrogens with one attached hydrogen (secondary N) is 3. The van der Waals surface area contributed by atoms with Crippen molar-refractivity contribution in [2.45, 2.75) is 6.92 Å². The molecule has 1 aromatic carbocycles. The molecule has 9 heteroatoms. The minimum Gasteiger partial charge on any atom is -0.384 e. The number of hydrogen-bond donors (Lipinski definition) is 3. The van der Waals surface area contributed by atoms with Crippen molar-refractivity contribution in [3.8, 4) is 33.8 Å². The number of benzene rings is 1. The van der Waals surface area contributed by atoms with Crippen LogP contribution in [0.4, 0.5) is 10.1 Å². The van der Waals surface area contributed by atoms with E-state index in [9.17, 15) is 4.39 Å². The Hall–Kier alpha value is -4.63. The molecule has 0 saturated heterocycles. The Morgan fingerprint density at radius 2 is 1.79 bits per heavy atom. The Bertz CT molecular complexity index is 1770. The van der Waals surface area contributed by atoms with Crippen LogP contribution in [0.5, 0.6) is 0 Å². The molecule has 6 rings (SSSR count). The summed E-state index contributed by atoms with van der Waals surface area (Å²) >= 11 is 0. The zero-order chi connectivity index (χ0) is 26.2. The lowest BCUT2D eigenvalue weighted by Crippen LogP contribution is -2.20. The molecule has 0 aliphatic rings. The lowest BCUT2D eigenvalue weighted by Gasteiger charge is -2.12. The van der Waals surface area contributed by atoms with E-state index in [2.05, 4.69) is 52.5 Å². The number of hydrogen-bond acceptors (Lipinski definition) is 6. The molecule has 5 aromatic heterocycles. The smallest absolute Gasteiger partial charge is 0.181 e. The van der Waals surface area contributed by atoms with Crippen LogP contribution < -0.4 is 5.32 Å². The second kappa shape index (κ2) is 9.68. The van der Waals surface area contributed by atoms with Gasteiger partial charge in [-0.15, -0.1) is 0 Å². The fraction of sp³-hybridized carbons (Fsp3) is 0.172. The highest BCUT2D eigenvalue weighted by Gasteiger charge is 2.16. The average Bonchev–Trinajstić information content (AvgIpc) is 3.51. The van der Waals surface area contributed by atoms with E-state index in [1.165, 1.54) is 12.1 Å². The first-order chi connectivity index (χ1) is 18.4. The summed E-state index contributed by atoms with van der Waals surface area (Å²) in [7, 11) is 4.01. The number of likely N-dealkylation sites (N-methyl/N-ethyl adjacent to an activating group) is 1. The number of H-pyrrole nitrogens is 2. The first kappa shape index (κ1) is 23.7. The van der Waals surface area contributed by atoms with Gasteiger partial charge in [-0.3, -0.25) is 15.1 Å². The highest BCUT2D eigenvalue weighted by atomic mass is 19.1. The van der Waals surface area contributed by atoms with Crippen LogP contribution in [0.25, 0.3) is 55.7 Å². The zero-order valence-corrected chi connectivity index (χ0v) is 21.4. The van der Waals surface area contributed by atoms with E-state index in [1.54, 1.807) is 6.20 Å². The number of rotatable bonds is 7. The normalized spacial score (nSPS) is 11.6. The maximum absolute atomic E-state index is 14.6. The van der Waals surface area contributed by atoms with Gasteiger partial charge in [-0.05, 0) is 69.0 Å². The molecule has 3 N–H and O–H groups in total. The van der Waals surface area contributed by atoms with Crippen molar-refractivity contribution < 1.29 is 4.39 Å². The minimum atomic E-state index is -0.312. The predicted molar refractivity (Wildman–Crippen MR) is 149 cm³/mol. The van der Waals surface area contributed by atoms with Gasteiger partial charge in [0.2, 0.25) is 0 Å². The minimum absolute atomic E-state index is 0.312. The highest BCUT2D eigenvalue weighted by molar-refractivity contribution is 6.00. The number of pyridine rings is 3. The van der Waals surface area contributed by atoms with Gasteiger partial charge in [-0.1, -0.05) is 0 Å². The van der Waals surface area contributed by atoms with Gasteiger partial charge in [0.15, 0.2) is 5.65 Å². The fourth-order valence-corrected chi connectivity index (χ4v) is 4.65. The number of aromatic amines is 2. The Morgan fingerprint density at radius 3 is 2.63 bits per heavy atom. The number of aromatic nitrogens is 6. The molecule has 0 atom stereocenters. The number of nitrogens with zero attached hydrogens (tertiary/aromatic N) is 5. The number of fused-ring (bicyclic) bond motifs is 2. The fourth-order valence-electron chi connectivity index (χ4n) is 4.65. The predicted octanol–water partition coefficient (Wildman–Crippen LogP) is 5.65. The van der Waals surface area contributed by atoms with Crippen LogP contribution >= 0.6 is 0 Å². The second-order valence-electron chi connectivity index (χ2n) is 9.71. The number of anilines is 1. The number of halogens is 1. The van der Waals surface area contributed by atoms with Crippen LogP contribution in [0.3, 0.4) is 0 Å². The summed E-state index contributed by atoms with van der Waals surface area (Å²) in [4.78, 5) is 19.0. The Morgan fingerprint density at radius 1 is 0.921 bits per heavy atom. The van der Waals surface area contributed by atoms with Crippen molar-refractivity contribution in [2.75, 3.05) is 32.5 Å². The summed E-state index contributed by atoms with van der Waals surface area (Å²) < 4.78 is 14.6. The quantitative estimate of drug-likeness (QED) is 0.259. The average molecular weight is 507 g/mol. The van der Waals surface area contributed by atoms with Gasteiger partial charge in [0.1, 0.15) is 5.82 Å².